The quantitative estimate of drug-likeness (QED) is 0.735. The molecule has 0 spiro atoms. The average Bonchev–Trinajstić information content (AvgIpc) is 2.58. The molecule has 1 aromatic carbocycles. The lowest BCUT2D eigenvalue weighted by atomic mass is 10.1. The Labute approximate surface area is 149 Å². The van der Waals surface area contributed by atoms with Crippen LogP contribution in [0.4, 0.5) is 16.2 Å². The summed E-state index contributed by atoms with van der Waals surface area (Å²) in [5, 5.41) is 8.55. The van der Waals surface area contributed by atoms with Crippen LogP contribution in [0.3, 0.4) is 0 Å². The normalized spacial score (nSPS) is 15.0. The first-order valence-corrected chi connectivity index (χ1v) is 8.72. The van der Waals surface area contributed by atoms with Gasteiger partial charge in [0.25, 0.3) is 0 Å². The molecule has 1 aromatic rings. The lowest BCUT2D eigenvalue weighted by Gasteiger charge is -2.26. The first-order chi connectivity index (χ1) is 12.0. The molecule has 3 N–H and O–H groups in total. The highest BCUT2D eigenvalue weighted by Gasteiger charge is 2.12. The van der Waals surface area contributed by atoms with Crippen LogP contribution in [0.25, 0.3) is 0 Å². The Balaban J connectivity index is 1.83. The molecule has 0 aromatic heterocycles. The summed E-state index contributed by atoms with van der Waals surface area (Å²) in [4.78, 5) is 26.2. The summed E-state index contributed by atoms with van der Waals surface area (Å²) in [6.07, 6.45) is 0. The number of rotatable bonds is 6. The number of amides is 3. The van der Waals surface area contributed by atoms with Gasteiger partial charge in [-0.25, -0.2) is 4.79 Å². The fraction of sp³-hybridized carbons (Fsp3) is 0.556. The van der Waals surface area contributed by atoms with Gasteiger partial charge in [-0.05, 0) is 24.6 Å². The second-order valence-electron chi connectivity index (χ2n) is 6.51. The molecule has 138 valence electrons. The summed E-state index contributed by atoms with van der Waals surface area (Å²) in [6, 6.07) is 5.23. The van der Waals surface area contributed by atoms with Crippen molar-refractivity contribution in [3.63, 3.8) is 0 Å². The summed E-state index contributed by atoms with van der Waals surface area (Å²) in [7, 11) is 0. The van der Waals surface area contributed by atoms with Crippen LogP contribution in [0.1, 0.15) is 19.4 Å². The van der Waals surface area contributed by atoms with Crippen molar-refractivity contribution in [1.29, 1.82) is 0 Å². The highest BCUT2D eigenvalue weighted by Crippen LogP contribution is 2.20. The average molecular weight is 348 g/mol. The molecule has 1 saturated heterocycles. The molecule has 7 nitrogen and oxygen atoms in total. The van der Waals surface area contributed by atoms with E-state index in [0.29, 0.717) is 17.9 Å². The number of carbonyl (C=O) groups is 2. The summed E-state index contributed by atoms with van der Waals surface area (Å²) in [5.41, 5.74) is 2.30. The van der Waals surface area contributed by atoms with Crippen molar-refractivity contribution >= 4 is 23.3 Å². The Hall–Kier alpha value is -2.12. The second-order valence-corrected chi connectivity index (χ2v) is 6.51. The van der Waals surface area contributed by atoms with Gasteiger partial charge in [0, 0.05) is 43.5 Å². The van der Waals surface area contributed by atoms with Gasteiger partial charge >= 0.3 is 6.03 Å². The van der Waals surface area contributed by atoms with Crippen LogP contribution in [0.15, 0.2) is 18.2 Å². The van der Waals surface area contributed by atoms with E-state index in [1.807, 2.05) is 32.9 Å². The Bertz CT molecular complexity index is 598. The van der Waals surface area contributed by atoms with Crippen LogP contribution in [-0.4, -0.2) is 56.2 Å². The second kappa shape index (κ2) is 9.39. The van der Waals surface area contributed by atoms with Crippen LogP contribution >= 0.6 is 0 Å². The van der Waals surface area contributed by atoms with E-state index < -0.39 is 0 Å². The van der Waals surface area contributed by atoms with Gasteiger partial charge in [-0.3, -0.25) is 9.69 Å². The fourth-order valence-electron chi connectivity index (χ4n) is 2.44. The maximum absolute atomic E-state index is 12.1. The van der Waals surface area contributed by atoms with Crippen molar-refractivity contribution in [3.05, 3.63) is 23.8 Å². The third-order valence-corrected chi connectivity index (χ3v) is 4.09. The lowest BCUT2D eigenvalue weighted by molar-refractivity contribution is -0.118. The third-order valence-electron chi connectivity index (χ3n) is 4.09. The molecule has 1 aliphatic rings. The van der Waals surface area contributed by atoms with Crippen LogP contribution in [0.5, 0.6) is 0 Å². The van der Waals surface area contributed by atoms with E-state index in [1.54, 1.807) is 6.07 Å². The molecule has 0 bridgehead atoms. The van der Waals surface area contributed by atoms with Gasteiger partial charge < -0.3 is 20.7 Å². The maximum atomic E-state index is 12.1. The molecular formula is C18H28N4O3. The van der Waals surface area contributed by atoms with E-state index in [1.165, 1.54) is 0 Å². The number of nitrogens with zero attached hydrogens (tertiary/aromatic N) is 1. The molecule has 1 aliphatic heterocycles. The Morgan fingerprint density at radius 2 is 1.92 bits per heavy atom. The minimum atomic E-state index is -0.247. The first kappa shape index (κ1) is 19.2. The zero-order valence-corrected chi connectivity index (χ0v) is 15.2. The number of urea groups is 1. The van der Waals surface area contributed by atoms with Crippen LogP contribution in [0, 0.1) is 12.8 Å². The number of hydrogen-bond acceptors (Lipinski definition) is 4. The standard InChI is InChI=1S/C18H28N4O3/c1-13(2)17(23)20-15-5-4-14(3)16(12-15)21-18(24)19-6-7-22-8-10-25-11-9-22/h4-5,12-13H,6-11H2,1-3H3,(H,20,23)(H2,19,21,24). The van der Waals surface area contributed by atoms with Crippen molar-refractivity contribution in [2.75, 3.05) is 50.0 Å². The molecule has 1 fully saturated rings. The van der Waals surface area contributed by atoms with E-state index in [0.717, 1.165) is 38.4 Å². The van der Waals surface area contributed by atoms with Crippen molar-refractivity contribution in [2.24, 2.45) is 5.92 Å². The minimum absolute atomic E-state index is 0.0511. The van der Waals surface area contributed by atoms with E-state index in [9.17, 15) is 9.59 Å². The SMILES string of the molecule is Cc1ccc(NC(=O)C(C)C)cc1NC(=O)NCCN1CCOCC1. The number of nitrogens with one attached hydrogen (secondary N) is 3. The molecular weight excluding hydrogens is 320 g/mol. The van der Waals surface area contributed by atoms with E-state index in [-0.39, 0.29) is 17.9 Å². The monoisotopic (exact) mass is 348 g/mol. The van der Waals surface area contributed by atoms with Gasteiger partial charge in [0.1, 0.15) is 0 Å². The van der Waals surface area contributed by atoms with Gasteiger partial charge in [-0.15, -0.1) is 0 Å². The van der Waals surface area contributed by atoms with Gasteiger partial charge in [0.05, 0.1) is 13.2 Å². The summed E-state index contributed by atoms with van der Waals surface area (Å²) in [5.74, 6) is -0.147. The van der Waals surface area contributed by atoms with E-state index in [4.69, 9.17) is 4.74 Å². The number of carbonyl (C=O) groups excluding carboxylic acids is 2. The van der Waals surface area contributed by atoms with Gasteiger partial charge in [0.2, 0.25) is 5.91 Å². The number of hydrogen-bond donors (Lipinski definition) is 3. The van der Waals surface area contributed by atoms with Gasteiger partial charge in [0.15, 0.2) is 0 Å². The lowest BCUT2D eigenvalue weighted by Crippen LogP contribution is -2.42. The van der Waals surface area contributed by atoms with E-state index in [2.05, 4.69) is 20.9 Å². The Morgan fingerprint density at radius 1 is 1.20 bits per heavy atom. The fourth-order valence-corrected chi connectivity index (χ4v) is 2.44. The molecule has 7 heteroatoms. The number of benzene rings is 1. The number of aryl methyl sites for hydroxylation is 1. The molecule has 25 heavy (non-hydrogen) atoms. The van der Waals surface area contributed by atoms with Crippen LogP contribution in [-0.2, 0) is 9.53 Å². The molecule has 1 heterocycles. The Kier molecular flexibility index (Phi) is 7.21. The van der Waals surface area contributed by atoms with Gasteiger partial charge in [-0.1, -0.05) is 19.9 Å². The molecule has 2 rings (SSSR count). The number of morpholine rings is 1. The largest absolute Gasteiger partial charge is 0.379 e. The molecule has 0 atom stereocenters. The van der Waals surface area contributed by atoms with Crippen LogP contribution in [0.2, 0.25) is 0 Å². The van der Waals surface area contributed by atoms with Crippen molar-refractivity contribution in [2.45, 2.75) is 20.8 Å². The predicted octanol–water partition coefficient (Wildman–Crippen LogP) is 2.04. The molecule has 0 saturated carbocycles. The van der Waals surface area contributed by atoms with Crippen molar-refractivity contribution in [3.8, 4) is 0 Å². The summed E-state index contributed by atoms with van der Waals surface area (Å²) in [6.45, 7) is 10.3. The van der Waals surface area contributed by atoms with Crippen LogP contribution < -0.4 is 16.0 Å². The Morgan fingerprint density at radius 3 is 2.60 bits per heavy atom. The minimum Gasteiger partial charge on any atom is -0.379 e. The highest BCUT2D eigenvalue weighted by molar-refractivity contribution is 5.94. The molecule has 0 unspecified atom stereocenters. The van der Waals surface area contributed by atoms with E-state index >= 15 is 0 Å². The molecule has 0 aliphatic carbocycles. The smallest absolute Gasteiger partial charge is 0.319 e. The predicted molar refractivity (Wildman–Crippen MR) is 98.9 cm³/mol. The zero-order chi connectivity index (χ0) is 18.2. The van der Waals surface area contributed by atoms with Crippen molar-refractivity contribution in [1.82, 2.24) is 10.2 Å². The topological polar surface area (TPSA) is 82.7 Å². The summed E-state index contributed by atoms with van der Waals surface area (Å²) >= 11 is 0. The van der Waals surface area contributed by atoms with Crippen molar-refractivity contribution < 1.29 is 14.3 Å². The summed E-state index contributed by atoms with van der Waals surface area (Å²) < 4.78 is 5.30. The highest BCUT2D eigenvalue weighted by atomic mass is 16.5. The van der Waals surface area contributed by atoms with Gasteiger partial charge in [-0.2, -0.15) is 0 Å². The third kappa shape index (κ3) is 6.36. The zero-order valence-electron chi connectivity index (χ0n) is 15.2. The first-order valence-electron chi connectivity index (χ1n) is 8.72. The number of anilines is 2. The molecule has 0 radical (unpaired) electrons. The maximum Gasteiger partial charge on any atom is 0.319 e. The number of ether oxygens (including phenoxy) is 1. The molecule has 3 amide bonds.